The van der Waals surface area contributed by atoms with Crippen LogP contribution in [0.5, 0.6) is 0 Å². The molecule has 1 aromatic heterocycles. The Hall–Kier alpha value is -2.84. The monoisotopic (exact) mass is 346 g/mol. The zero-order valence-corrected chi connectivity index (χ0v) is 15.0. The van der Waals surface area contributed by atoms with Crippen LogP contribution in [0.1, 0.15) is 39.8 Å². The quantitative estimate of drug-likeness (QED) is 0.790. The Morgan fingerprint density at radius 3 is 2.48 bits per heavy atom. The van der Waals surface area contributed by atoms with Gasteiger partial charge in [-0.25, -0.2) is 4.99 Å². The SMILES string of the molecule is CCC1C(=O)N=C(n2nc(C)cc2NC(=O)C(=O)NC(C)C)N=C1C. The third-order valence-corrected chi connectivity index (χ3v) is 3.59. The number of aliphatic imine (C=N–C) groups is 2. The molecule has 1 unspecified atom stereocenters. The number of hydrogen-bond donors (Lipinski definition) is 2. The molecule has 1 aromatic rings. The average molecular weight is 346 g/mol. The molecule has 134 valence electrons. The molecule has 2 heterocycles. The van der Waals surface area contributed by atoms with Crippen LogP contribution < -0.4 is 10.6 Å². The Morgan fingerprint density at radius 1 is 1.24 bits per heavy atom. The van der Waals surface area contributed by atoms with E-state index in [1.54, 1.807) is 33.8 Å². The van der Waals surface area contributed by atoms with Crippen LogP contribution in [0.2, 0.25) is 0 Å². The Kier molecular flexibility index (Phi) is 5.45. The fourth-order valence-corrected chi connectivity index (χ4v) is 2.42. The number of rotatable bonds is 3. The van der Waals surface area contributed by atoms with Gasteiger partial charge in [-0.2, -0.15) is 14.8 Å². The van der Waals surface area contributed by atoms with Crippen LogP contribution in [0.4, 0.5) is 5.82 Å². The summed E-state index contributed by atoms with van der Waals surface area (Å²) in [5.41, 5.74) is 1.22. The molecule has 25 heavy (non-hydrogen) atoms. The fourth-order valence-electron chi connectivity index (χ4n) is 2.42. The first kappa shape index (κ1) is 18.5. The Bertz CT molecular complexity index is 775. The molecule has 0 bridgehead atoms. The second kappa shape index (κ2) is 7.37. The highest BCUT2D eigenvalue weighted by Gasteiger charge is 2.27. The van der Waals surface area contributed by atoms with Crippen LogP contribution in [0, 0.1) is 12.8 Å². The summed E-state index contributed by atoms with van der Waals surface area (Å²) in [6.07, 6.45) is 0.613. The van der Waals surface area contributed by atoms with Crippen LogP contribution in [0.3, 0.4) is 0 Å². The molecule has 1 atom stereocenters. The molecule has 0 radical (unpaired) electrons. The molecule has 9 nitrogen and oxygen atoms in total. The summed E-state index contributed by atoms with van der Waals surface area (Å²) in [4.78, 5) is 44.2. The van der Waals surface area contributed by atoms with Crippen LogP contribution in [0.25, 0.3) is 0 Å². The second-order valence-corrected chi connectivity index (χ2v) is 6.13. The normalized spacial score (nSPS) is 17.2. The molecule has 2 rings (SSSR count). The number of hydrogen-bond acceptors (Lipinski definition) is 5. The van der Waals surface area contributed by atoms with E-state index in [9.17, 15) is 14.4 Å². The van der Waals surface area contributed by atoms with E-state index in [4.69, 9.17) is 0 Å². The fraction of sp³-hybridized carbons (Fsp3) is 0.500. The Morgan fingerprint density at radius 2 is 1.92 bits per heavy atom. The zero-order valence-electron chi connectivity index (χ0n) is 15.0. The average Bonchev–Trinajstić information content (AvgIpc) is 2.86. The number of carbonyl (C=O) groups is 3. The summed E-state index contributed by atoms with van der Waals surface area (Å²) in [7, 11) is 0. The van der Waals surface area contributed by atoms with E-state index in [-0.39, 0.29) is 29.6 Å². The highest BCUT2D eigenvalue weighted by molar-refractivity contribution is 6.39. The number of carbonyl (C=O) groups excluding carboxylic acids is 3. The van der Waals surface area contributed by atoms with Crippen LogP contribution in [0.15, 0.2) is 16.1 Å². The summed E-state index contributed by atoms with van der Waals surface area (Å²) in [5, 5.41) is 9.19. The summed E-state index contributed by atoms with van der Waals surface area (Å²) in [5.74, 6) is -1.93. The van der Waals surface area contributed by atoms with Gasteiger partial charge in [-0.15, -0.1) is 0 Å². The summed E-state index contributed by atoms with van der Waals surface area (Å²) >= 11 is 0. The molecule has 0 saturated heterocycles. The number of amides is 3. The van der Waals surface area contributed by atoms with Gasteiger partial charge in [0.15, 0.2) is 0 Å². The predicted octanol–water partition coefficient (Wildman–Crippen LogP) is 0.886. The van der Waals surface area contributed by atoms with Gasteiger partial charge in [-0.05, 0) is 34.1 Å². The van der Waals surface area contributed by atoms with Crippen LogP contribution in [-0.4, -0.2) is 45.2 Å². The van der Waals surface area contributed by atoms with Crippen LogP contribution >= 0.6 is 0 Å². The van der Waals surface area contributed by atoms with E-state index in [0.717, 1.165) is 0 Å². The van der Waals surface area contributed by atoms with Crippen molar-refractivity contribution in [3.05, 3.63) is 11.8 Å². The minimum absolute atomic E-state index is 0.0693. The predicted molar refractivity (Wildman–Crippen MR) is 93.6 cm³/mol. The van der Waals surface area contributed by atoms with E-state index in [1.165, 1.54) is 4.68 Å². The summed E-state index contributed by atoms with van der Waals surface area (Å²) in [6.45, 7) is 8.87. The molecule has 2 N–H and O–H groups in total. The number of anilines is 1. The van der Waals surface area contributed by atoms with E-state index < -0.39 is 11.8 Å². The number of aryl methyl sites for hydroxylation is 1. The molecular formula is C16H22N6O3. The summed E-state index contributed by atoms with van der Waals surface area (Å²) < 4.78 is 1.25. The van der Waals surface area contributed by atoms with Gasteiger partial charge in [0.25, 0.3) is 11.9 Å². The smallest absolute Gasteiger partial charge is 0.314 e. The molecule has 0 fully saturated rings. The van der Waals surface area contributed by atoms with Crippen LogP contribution in [-0.2, 0) is 14.4 Å². The van der Waals surface area contributed by atoms with E-state index in [2.05, 4.69) is 25.7 Å². The van der Waals surface area contributed by atoms with Crippen molar-refractivity contribution in [3.8, 4) is 0 Å². The molecule has 0 aliphatic carbocycles. The van der Waals surface area contributed by atoms with Gasteiger partial charge in [0.2, 0.25) is 0 Å². The third-order valence-electron chi connectivity index (χ3n) is 3.59. The van der Waals surface area contributed by atoms with Gasteiger partial charge < -0.3 is 10.6 Å². The van der Waals surface area contributed by atoms with Gasteiger partial charge in [-0.1, -0.05) is 6.92 Å². The standard InChI is InChI=1S/C16H22N6O3/c1-6-11-10(5)18-16(20-13(11)23)22-12(7-9(4)21-22)19-15(25)14(24)17-8(2)3/h7-8,11H,6H2,1-5H3,(H,17,24)(H,19,25). The van der Waals surface area contributed by atoms with Crippen molar-refractivity contribution >= 4 is 35.2 Å². The zero-order chi connectivity index (χ0) is 18.7. The molecule has 3 amide bonds. The highest BCUT2D eigenvalue weighted by Crippen LogP contribution is 2.17. The van der Waals surface area contributed by atoms with Crippen molar-refractivity contribution in [1.82, 2.24) is 15.1 Å². The first-order valence-corrected chi connectivity index (χ1v) is 8.09. The molecule has 1 aliphatic heterocycles. The van der Waals surface area contributed by atoms with Crippen molar-refractivity contribution in [2.75, 3.05) is 5.32 Å². The van der Waals surface area contributed by atoms with Gasteiger partial charge >= 0.3 is 11.8 Å². The summed E-state index contributed by atoms with van der Waals surface area (Å²) in [6, 6.07) is 1.41. The van der Waals surface area contributed by atoms with Crippen molar-refractivity contribution in [1.29, 1.82) is 0 Å². The maximum atomic E-state index is 12.1. The van der Waals surface area contributed by atoms with Gasteiger partial charge in [0.1, 0.15) is 5.82 Å². The molecule has 0 spiro atoms. The first-order valence-electron chi connectivity index (χ1n) is 8.09. The maximum Gasteiger partial charge on any atom is 0.314 e. The van der Waals surface area contributed by atoms with Gasteiger partial charge in [0.05, 0.1) is 11.6 Å². The highest BCUT2D eigenvalue weighted by atomic mass is 16.2. The lowest BCUT2D eigenvalue weighted by Crippen LogP contribution is -2.39. The van der Waals surface area contributed by atoms with E-state index in [1.807, 2.05) is 6.92 Å². The number of nitrogens with zero attached hydrogens (tertiary/aromatic N) is 4. The van der Waals surface area contributed by atoms with Crippen molar-refractivity contribution in [3.63, 3.8) is 0 Å². The largest absolute Gasteiger partial charge is 0.346 e. The number of aromatic nitrogens is 2. The lowest BCUT2D eigenvalue weighted by atomic mass is 10.00. The molecular weight excluding hydrogens is 324 g/mol. The lowest BCUT2D eigenvalue weighted by molar-refractivity contribution is -0.136. The van der Waals surface area contributed by atoms with E-state index in [0.29, 0.717) is 17.8 Å². The molecule has 0 saturated carbocycles. The minimum Gasteiger partial charge on any atom is -0.346 e. The van der Waals surface area contributed by atoms with Gasteiger partial charge in [0, 0.05) is 17.8 Å². The van der Waals surface area contributed by atoms with E-state index >= 15 is 0 Å². The second-order valence-electron chi connectivity index (χ2n) is 6.13. The molecule has 0 aromatic carbocycles. The topological polar surface area (TPSA) is 118 Å². The molecule has 9 heteroatoms. The van der Waals surface area contributed by atoms with Gasteiger partial charge in [-0.3, -0.25) is 14.4 Å². The lowest BCUT2D eigenvalue weighted by Gasteiger charge is -2.17. The number of nitrogens with one attached hydrogen (secondary N) is 2. The minimum atomic E-state index is -0.829. The van der Waals surface area contributed by atoms with Crippen molar-refractivity contribution in [2.45, 2.75) is 47.1 Å². The molecule has 1 aliphatic rings. The Balaban J connectivity index is 2.29. The van der Waals surface area contributed by atoms with Crippen molar-refractivity contribution < 1.29 is 14.4 Å². The third kappa shape index (κ3) is 4.17. The first-order chi connectivity index (χ1) is 11.7. The Labute approximate surface area is 145 Å². The van der Waals surface area contributed by atoms with Crippen molar-refractivity contribution in [2.24, 2.45) is 15.9 Å². The maximum absolute atomic E-state index is 12.1.